The van der Waals surface area contributed by atoms with E-state index < -0.39 is 0 Å². The van der Waals surface area contributed by atoms with Crippen LogP contribution in [0.4, 0.5) is 11.4 Å². The van der Waals surface area contributed by atoms with Gasteiger partial charge in [0.15, 0.2) is 5.58 Å². The monoisotopic (exact) mass is 608 g/mol. The summed E-state index contributed by atoms with van der Waals surface area (Å²) < 4.78 is 15.2. The molecule has 0 N–H and O–H groups in total. The summed E-state index contributed by atoms with van der Waals surface area (Å²) in [7, 11) is 0. The highest BCUT2D eigenvalue weighted by molar-refractivity contribution is 7.26. The van der Waals surface area contributed by atoms with E-state index in [2.05, 4.69) is 108 Å². The zero-order chi connectivity index (χ0) is 29.9. The summed E-state index contributed by atoms with van der Waals surface area (Å²) in [4.78, 5) is 7.42. The van der Waals surface area contributed by atoms with Crippen molar-refractivity contribution in [3.05, 3.63) is 138 Å². The number of hydrogen-bond donors (Lipinski definition) is 0. The fourth-order valence-electron chi connectivity index (χ4n) is 7.89. The Hall–Kier alpha value is -5.65. The van der Waals surface area contributed by atoms with Crippen LogP contribution in [0.25, 0.3) is 76.2 Å². The maximum atomic E-state index is 6.43. The van der Waals surface area contributed by atoms with Crippen molar-refractivity contribution in [3.63, 3.8) is 0 Å². The van der Waals surface area contributed by atoms with E-state index in [0.29, 0.717) is 5.89 Å². The lowest BCUT2D eigenvalue weighted by atomic mass is 9.91. The Morgan fingerprint density at radius 2 is 1.41 bits per heavy atom. The number of nitrogens with zero attached hydrogens (tertiary/aromatic N) is 2. The molecule has 0 fully saturated rings. The van der Waals surface area contributed by atoms with Crippen LogP contribution < -0.4 is 15.5 Å². The third kappa shape index (κ3) is 3.20. The molecule has 1 aliphatic heterocycles. The Morgan fingerprint density at radius 3 is 2.33 bits per heavy atom. The second-order valence-corrected chi connectivity index (χ2v) is 13.2. The molecule has 2 aliphatic rings. The largest absolute Gasteiger partial charge is 0.456 e. The number of furan rings is 1. The van der Waals surface area contributed by atoms with Crippen LogP contribution in [-0.2, 0) is 0 Å². The Morgan fingerprint density at radius 1 is 0.674 bits per heavy atom. The molecule has 0 bridgehead atoms. The Kier molecular flexibility index (Phi) is 4.80. The van der Waals surface area contributed by atoms with Crippen LogP contribution in [0.5, 0.6) is 0 Å². The second kappa shape index (κ2) is 8.96. The van der Waals surface area contributed by atoms with Crippen LogP contribution in [-0.4, -0.2) is 4.98 Å². The molecule has 46 heavy (non-hydrogen) atoms. The lowest BCUT2D eigenvalue weighted by molar-refractivity contribution is 0.569. The van der Waals surface area contributed by atoms with Crippen LogP contribution in [0.2, 0.25) is 0 Å². The Balaban J connectivity index is 1.23. The minimum Gasteiger partial charge on any atom is -0.456 e. The van der Waals surface area contributed by atoms with Crippen molar-refractivity contribution in [2.45, 2.75) is 12.3 Å². The Labute approximate surface area is 266 Å². The SMILES string of the molecule is C1=c2oc3ccccc3c2=C2C(C1)c1ccccc1N2c1cccc2c1sc1cc(-c3nc4ccccc4o3)c3ccccc3c12. The molecule has 6 aromatic carbocycles. The van der Waals surface area contributed by atoms with Gasteiger partial charge in [0.05, 0.1) is 10.4 Å². The fourth-order valence-corrected chi connectivity index (χ4v) is 9.15. The molecule has 0 saturated carbocycles. The van der Waals surface area contributed by atoms with Crippen molar-refractivity contribution in [2.24, 2.45) is 0 Å². The van der Waals surface area contributed by atoms with E-state index in [9.17, 15) is 0 Å². The summed E-state index contributed by atoms with van der Waals surface area (Å²) in [6.07, 6.45) is 3.19. The Bertz CT molecular complexity index is 2840. The molecular weight excluding hydrogens is 585 g/mol. The smallest absolute Gasteiger partial charge is 0.227 e. The molecule has 4 nitrogen and oxygen atoms in total. The average Bonchev–Trinajstić information content (AvgIpc) is 3.87. The van der Waals surface area contributed by atoms with E-state index in [1.807, 2.05) is 35.6 Å². The summed E-state index contributed by atoms with van der Waals surface area (Å²) in [5.41, 5.74) is 9.73. The van der Waals surface area contributed by atoms with Gasteiger partial charge in [0.25, 0.3) is 0 Å². The van der Waals surface area contributed by atoms with Crippen LogP contribution in [0.15, 0.2) is 130 Å². The van der Waals surface area contributed by atoms with Gasteiger partial charge >= 0.3 is 0 Å². The number of fused-ring (bicyclic) bond motifs is 12. The van der Waals surface area contributed by atoms with Gasteiger partial charge in [-0.25, -0.2) is 4.98 Å². The lowest BCUT2D eigenvalue weighted by Gasteiger charge is -2.25. The maximum Gasteiger partial charge on any atom is 0.227 e. The highest BCUT2D eigenvalue weighted by Crippen LogP contribution is 2.54. The second-order valence-electron chi connectivity index (χ2n) is 12.2. The molecule has 0 saturated heterocycles. The summed E-state index contributed by atoms with van der Waals surface area (Å²) in [6, 6.07) is 43.0. The number of anilines is 2. The zero-order valence-corrected chi connectivity index (χ0v) is 25.3. The number of rotatable bonds is 2. The van der Waals surface area contributed by atoms with Gasteiger partial charge in [0, 0.05) is 48.9 Å². The van der Waals surface area contributed by atoms with Crippen LogP contribution in [0.1, 0.15) is 17.9 Å². The third-order valence-electron chi connectivity index (χ3n) is 9.79. The number of hydrogen-bond acceptors (Lipinski definition) is 5. The van der Waals surface area contributed by atoms with Crippen molar-refractivity contribution >= 4 is 87.5 Å². The van der Waals surface area contributed by atoms with E-state index in [1.165, 1.54) is 58.8 Å². The summed E-state index contributed by atoms with van der Waals surface area (Å²) in [5, 5.41) is 7.28. The molecule has 9 aromatic rings. The third-order valence-corrected chi connectivity index (χ3v) is 11.0. The molecular formula is C41H24N2O2S. The first-order valence-electron chi connectivity index (χ1n) is 15.7. The average molecular weight is 609 g/mol. The molecule has 216 valence electrons. The quantitative estimate of drug-likeness (QED) is 0.196. The molecule has 11 rings (SSSR count). The first-order valence-corrected chi connectivity index (χ1v) is 16.5. The van der Waals surface area contributed by atoms with Gasteiger partial charge < -0.3 is 13.7 Å². The predicted octanol–water partition coefficient (Wildman–Crippen LogP) is 9.99. The van der Waals surface area contributed by atoms with E-state index in [0.717, 1.165) is 39.5 Å². The maximum absolute atomic E-state index is 6.43. The number of oxazole rings is 1. The van der Waals surface area contributed by atoms with Crippen LogP contribution in [0.3, 0.4) is 0 Å². The zero-order valence-electron chi connectivity index (χ0n) is 24.5. The minimum atomic E-state index is 0.265. The number of benzene rings is 6. The van der Waals surface area contributed by atoms with Crippen LogP contribution >= 0.6 is 11.3 Å². The molecule has 0 spiro atoms. The number of aromatic nitrogens is 1. The number of thiophene rings is 1. The normalized spacial score (nSPS) is 15.6. The predicted molar refractivity (Wildman–Crippen MR) is 189 cm³/mol. The van der Waals surface area contributed by atoms with Crippen molar-refractivity contribution in [3.8, 4) is 11.5 Å². The summed E-state index contributed by atoms with van der Waals surface area (Å²) in [5.74, 6) is 0.919. The topological polar surface area (TPSA) is 42.4 Å². The molecule has 0 radical (unpaired) electrons. The molecule has 0 amide bonds. The van der Waals surface area contributed by atoms with E-state index in [4.69, 9.17) is 13.8 Å². The first kappa shape index (κ1) is 24.6. The van der Waals surface area contributed by atoms with E-state index in [1.54, 1.807) is 0 Å². The molecule has 1 aliphatic carbocycles. The molecule has 5 heteroatoms. The molecule has 3 aromatic heterocycles. The van der Waals surface area contributed by atoms with Gasteiger partial charge in [-0.15, -0.1) is 11.3 Å². The van der Waals surface area contributed by atoms with Gasteiger partial charge in [0.2, 0.25) is 5.89 Å². The highest BCUT2D eigenvalue weighted by Gasteiger charge is 2.38. The summed E-state index contributed by atoms with van der Waals surface area (Å²) in [6.45, 7) is 0. The van der Waals surface area contributed by atoms with Gasteiger partial charge in [-0.3, -0.25) is 0 Å². The standard InChI is InChI=1S/C41H24N2O2S/c1-2-12-25-23(10-1)29(41-42-30-15-5-8-19-34(30)45-41)22-36-37(25)28-14-9-17-32(40(28)46-36)43-31-16-6-3-11-24(31)26-20-21-35-38(39(26)43)27-13-4-7-18-33(27)44-35/h1-19,21-22,26H,20H2. The molecule has 4 heterocycles. The van der Waals surface area contributed by atoms with Crippen molar-refractivity contribution in [1.29, 1.82) is 0 Å². The van der Waals surface area contributed by atoms with Crippen molar-refractivity contribution in [2.75, 3.05) is 4.90 Å². The van der Waals surface area contributed by atoms with Crippen LogP contribution in [0, 0.1) is 0 Å². The molecule has 1 unspecified atom stereocenters. The fraction of sp³-hybridized carbons (Fsp3) is 0.0488. The van der Waals surface area contributed by atoms with Gasteiger partial charge in [0.1, 0.15) is 16.5 Å². The highest BCUT2D eigenvalue weighted by atomic mass is 32.1. The van der Waals surface area contributed by atoms with Crippen molar-refractivity contribution in [1.82, 2.24) is 4.98 Å². The van der Waals surface area contributed by atoms with Crippen molar-refractivity contribution < 1.29 is 8.83 Å². The number of para-hydroxylation sites is 4. The first-order chi connectivity index (χ1) is 22.8. The van der Waals surface area contributed by atoms with Gasteiger partial charge in [-0.1, -0.05) is 84.9 Å². The van der Waals surface area contributed by atoms with E-state index in [-0.39, 0.29) is 5.92 Å². The van der Waals surface area contributed by atoms with E-state index >= 15 is 0 Å². The lowest BCUT2D eigenvalue weighted by Crippen LogP contribution is -2.33. The van der Waals surface area contributed by atoms with Gasteiger partial charge in [-0.2, -0.15) is 0 Å². The van der Waals surface area contributed by atoms with Gasteiger partial charge in [-0.05, 0) is 65.2 Å². The minimum absolute atomic E-state index is 0.265. The molecule has 1 atom stereocenters. The summed E-state index contributed by atoms with van der Waals surface area (Å²) >= 11 is 1.85.